The molecule has 0 saturated heterocycles. The van der Waals surface area contributed by atoms with Crippen molar-refractivity contribution in [2.24, 2.45) is 0 Å². The summed E-state index contributed by atoms with van der Waals surface area (Å²) in [6.07, 6.45) is -0.0896. The van der Waals surface area contributed by atoms with Crippen molar-refractivity contribution in [1.82, 2.24) is 9.97 Å². The van der Waals surface area contributed by atoms with Crippen LogP contribution < -0.4 is 10.9 Å². The van der Waals surface area contributed by atoms with Crippen molar-refractivity contribution in [3.8, 4) is 0 Å². The number of aromatic amines is 1. The number of carbonyl (C=O) groups excluding carboxylic acids is 2. The summed E-state index contributed by atoms with van der Waals surface area (Å²) in [5, 5.41) is 3.08. The molecule has 0 aliphatic heterocycles. The van der Waals surface area contributed by atoms with Gasteiger partial charge in [-0.15, -0.1) is 0 Å². The number of halogens is 1. The predicted molar refractivity (Wildman–Crippen MR) is 116 cm³/mol. The van der Waals surface area contributed by atoms with Gasteiger partial charge in [0.1, 0.15) is 5.82 Å². The number of amides is 1. The molecule has 2 N–H and O–H groups in total. The molecule has 0 saturated carbocycles. The van der Waals surface area contributed by atoms with E-state index in [1.54, 1.807) is 43.3 Å². The number of benzene rings is 2. The molecule has 7 nitrogen and oxygen atoms in total. The SMILES string of the molecule is CCOC(=O)c1ccc(NC(=O)Cc2cc(=O)[nH]c(SCc3ccc(F)cc3)n2)cc1. The maximum atomic E-state index is 13.0. The van der Waals surface area contributed by atoms with E-state index in [1.165, 1.54) is 30.0 Å². The molecule has 3 rings (SSSR count). The summed E-state index contributed by atoms with van der Waals surface area (Å²) in [5.41, 5.74) is 1.74. The molecule has 2 aromatic carbocycles. The molecule has 0 aliphatic carbocycles. The number of ether oxygens (including phenoxy) is 1. The van der Waals surface area contributed by atoms with Crippen molar-refractivity contribution in [2.75, 3.05) is 11.9 Å². The standard InChI is InChI=1S/C22H20FN3O4S/c1-2-30-21(29)15-5-9-17(10-6-15)24-19(27)11-18-12-20(28)26-22(25-18)31-13-14-3-7-16(23)8-4-14/h3-10,12H,2,11,13H2,1H3,(H,24,27)(H,25,26,28). The number of thioether (sulfide) groups is 1. The number of esters is 1. The summed E-state index contributed by atoms with van der Waals surface area (Å²) in [6.45, 7) is 2.01. The van der Waals surface area contributed by atoms with Crippen LogP contribution in [-0.2, 0) is 21.7 Å². The lowest BCUT2D eigenvalue weighted by Gasteiger charge is -2.07. The number of anilines is 1. The van der Waals surface area contributed by atoms with Gasteiger partial charge in [0.15, 0.2) is 5.16 Å². The van der Waals surface area contributed by atoms with E-state index in [1.807, 2.05) is 0 Å². The number of H-pyrrole nitrogens is 1. The first-order valence-corrected chi connectivity index (χ1v) is 10.5. The van der Waals surface area contributed by atoms with Gasteiger partial charge in [-0.3, -0.25) is 9.59 Å². The van der Waals surface area contributed by atoms with Gasteiger partial charge in [-0.05, 0) is 48.9 Å². The van der Waals surface area contributed by atoms with Gasteiger partial charge in [-0.25, -0.2) is 14.2 Å². The van der Waals surface area contributed by atoms with Gasteiger partial charge in [-0.2, -0.15) is 0 Å². The third-order valence-electron chi connectivity index (χ3n) is 4.08. The molecule has 0 radical (unpaired) electrons. The van der Waals surface area contributed by atoms with E-state index in [2.05, 4.69) is 15.3 Å². The summed E-state index contributed by atoms with van der Waals surface area (Å²) >= 11 is 1.28. The van der Waals surface area contributed by atoms with Gasteiger partial charge in [0, 0.05) is 17.5 Å². The molecule has 0 aliphatic rings. The van der Waals surface area contributed by atoms with Crippen LogP contribution in [0.3, 0.4) is 0 Å². The molecule has 0 atom stereocenters. The van der Waals surface area contributed by atoms with Gasteiger partial charge in [0.25, 0.3) is 5.56 Å². The molecule has 1 heterocycles. The minimum atomic E-state index is -0.432. The lowest BCUT2D eigenvalue weighted by atomic mass is 10.2. The summed E-state index contributed by atoms with van der Waals surface area (Å²) in [7, 11) is 0. The van der Waals surface area contributed by atoms with Crippen LogP contribution in [0.2, 0.25) is 0 Å². The van der Waals surface area contributed by atoms with Gasteiger partial charge < -0.3 is 15.0 Å². The van der Waals surface area contributed by atoms with Crippen LogP contribution in [0, 0.1) is 5.82 Å². The third kappa shape index (κ3) is 6.78. The van der Waals surface area contributed by atoms with E-state index in [0.717, 1.165) is 5.56 Å². The lowest BCUT2D eigenvalue weighted by Crippen LogP contribution is -2.18. The molecular formula is C22H20FN3O4S. The second-order valence-corrected chi connectivity index (χ2v) is 7.44. The Morgan fingerprint density at radius 3 is 2.52 bits per heavy atom. The van der Waals surface area contributed by atoms with Gasteiger partial charge >= 0.3 is 5.97 Å². The fourth-order valence-electron chi connectivity index (χ4n) is 2.65. The predicted octanol–water partition coefficient (Wildman–Crippen LogP) is 3.56. The smallest absolute Gasteiger partial charge is 0.338 e. The Morgan fingerprint density at radius 2 is 1.84 bits per heavy atom. The largest absolute Gasteiger partial charge is 0.462 e. The zero-order valence-corrected chi connectivity index (χ0v) is 17.5. The number of nitrogens with one attached hydrogen (secondary N) is 2. The second kappa shape index (κ2) is 10.5. The van der Waals surface area contributed by atoms with Gasteiger partial charge in [0.05, 0.1) is 24.3 Å². The minimum absolute atomic E-state index is 0.0896. The Kier molecular flexibility index (Phi) is 7.55. The van der Waals surface area contributed by atoms with Gasteiger partial charge in [0.2, 0.25) is 5.91 Å². The maximum Gasteiger partial charge on any atom is 0.338 e. The number of hydrogen-bond donors (Lipinski definition) is 2. The van der Waals surface area contributed by atoms with Crippen LogP contribution >= 0.6 is 11.8 Å². The highest BCUT2D eigenvalue weighted by Crippen LogP contribution is 2.19. The summed E-state index contributed by atoms with van der Waals surface area (Å²) < 4.78 is 17.9. The normalized spacial score (nSPS) is 10.5. The van der Waals surface area contributed by atoms with Crippen molar-refractivity contribution >= 4 is 29.3 Å². The van der Waals surface area contributed by atoms with E-state index < -0.39 is 5.97 Å². The van der Waals surface area contributed by atoms with Crippen LogP contribution in [0.1, 0.15) is 28.5 Å². The number of nitrogens with zero attached hydrogens (tertiary/aromatic N) is 1. The van der Waals surface area contributed by atoms with Crippen molar-refractivity contribution in [1.29, 1.82) is 0 Å². The van der Waals surface area contributed by atoms with Crippen LogP contribution in [-0.4, -0.2) is 28.5 Å². The molecular weight excluding hydrogens is 421 g/mol. The molecule has 1 amide bonds. The van der Waals surface area contributed by atoms with Crippen LogP contribution in [0.5, 0.6) is 0 Å². The quantitative estimate of drug-likeness (QED) is 0.315. The van der Waals surface area contributed by atoms with Crippen molar-refractivity contribution < 1.29 is 18.7 Å². The van der Waals surface area contributed by atoms with E-state index in [-0.39, 0.29) is 30.3 Å². The highest BCUT2D eigenvalue weighted by atomic mass is 32.2. The fourth-order valence-corrected chi connectivity index (χ4v) is 3.50. The van der Waals surface area contributed by atoms with E-state index in [4.69, 9.17) is 4.74 Å². The van der Waals surface area contributed by atoms with Crippen molar-refractivity contribution in [2.45, 2.75) is 24.3 Å². The Bertz CT molecular complexity index is 1110. The molecule has 3 aromatic rings. The van der Waals surface area contributed by atoms with E-state index >= 15 is 0 Å². The summed E-state index contributed by atoms with van der Waals surface area (Å²) in [4.78, 5) is 42.9. The van der Waals surface area contributed by atoms with E-state index in [0.29, 0.717) is 27.9 Å². The minimum Gasteiger partial charge on any atom is -0.462 e. The zero-order valence-electron chi connectivity index (χ0n) is 16.7. The first-order valence-electron chi connectivity index (χ1n) is 9.47. The van der Waals surface area contributed by atoms with Crippen molar-refractivity contribution in [3.05, 3.63) is 87.6 Å². The molecule has 0 fully saturated rings. The Hall–Kier alpha value is -3.46. The number of hydrogen-bond acceptors (Lipinski definition) is 6. The monoisotopic (exact) mass is 441 g/mol. The average molecular weight is 441 g/mol. The highest BCUT2D eigenvalue weighted by Gasteiger charge is 2.10. The molecule has 0 bridgehead atoms. The summed E-state index contributed by atoms with van der Waals surface area (Å²) in [5.74, 6) is -0.606. The molecule has 9 heteroatoms. The molecule has 31 heavy (non-hydrogen) atoms. The first-order chi connectivity index (χ1) is 14.9. The van der Waals surface area contributed by atoms with Gasteiger partial charge in [-0.1, -0.05) is 23.9 Å². The van der Waals surface area contributed by atoms with Crippen molar-refractivity contribution in [3.63, 3.8) is 0 Å². The fraction of sp³-hybridized carbons (Fsp3) is 0.182. The van der Waals surface area contributed by atoms with E-state index in [9.17, 15) is 18.8 Å². The third-order valence-corrected chi connectivity index (χ3v) is 5.03. The Labute approximate surface area is 182 Å². The maximum absolute atomic E-state index is 13.0. The second-order valence-electron chi connectivity index (χ2n) is 6.48. The molecule has 0 unspecified atom stereocenters. The molecule has 0 spiro atoms. The lowest BCUT2D eigenvalue weighted by molar-refractivity contribution is -0.115. The van der Waals surface area contributed by atoms with Crippen LogP contribution in [0.4, 0.5) is 10.1 Å². The Balaban J connectivity index is 1.60. The number of aromatic nitrogens is 2. The van der Waals surface area contributed by atoms with Crippen LogP contribution in [0.15, 0.2) is 64.5 Å². The zero-order chi connectivity index (χ0) is 22.2. The Morgan fingerprint density at radius 1 is 1.13 bits per heavy atom. The average Bonchev–Trinajstić information content (AvgIpc) is 2.73. The first kappa shape index (κ1) is 22.2. The molecule has 1 aromatic heterocycles. The van der Waals surface area contributed by atoms with Crippen LogP contribution in [0.25, 0.3) is 0 Å². The molecule has 160 valence electrons. The highest BCUT2D eigenvalue weighted by molar-refractivity contribution is 7.98. The number of rotatable bonds is 8. The summed E-state index contributed by atoms with van der Waals surface area (Å²) in [6, 6.07) is 13.6. The number of carbonyl (C=O) groups is 2. The topological polar surface area (TPSA) is 101 Å².